The van der Waals surface area contributed by atoms with E-state index in [-0.39, 0.29) is 0 Å². The maximum absolute atomic E-state index is 5.26. The molecule has 0 bridgehead atoms. The average Bonchev–Trinajstić information content (AvgIpc) is 1.59. The highest BCUT2D eigenvalue weighted by Crippen LogP contribution is 2.43. The van der Waals surface area contributed by atoms with Gasteiger partial charge < -0.3 is 5.32 Å². The quantitative estimate of drug-likeness (QED) is 0.467. The lowest BCUT2D eigenvalue weighted by atomic mass is 9.63. The second-order valence-electron chi connectivity index (χ2n) is 3.23. The lowest BCUT2D eigenvalue weighted by Crippen LogP contribution is -2.64. The van der Waals surface area contributed by atoms with E-state index in [1.54, 1.807) is 0 Å². The molecule has 2 rings (SSSR count). The van der Waals surface area contributed by atoms with E-state index in [1.807, 2.05) is 0 Å². The Labute approximate surface area is 55.8 Å². The van der Waals surface area contributed by atoms with Crippen molar-refractivity contribution in [2.45, 2.75) is 24.8 Å². The molecule has 0 aromatic rings. The summed E-state index contributed by atoms with van der Waals surface area (Å²) in [7, 11) is 0. The monoisotopic (exact) mass is 121 g/mol. The van der Waals surface area contributed by atoms with Crippen LogP contribution in [0.2, 0.25) is 0 Å². The van der Waals surface area contributed by atoms with Crippen molar-refractivity contribution in [3.63, 3.8) is 0 Å². The second kappa shape index (κ2) is 1.52. The van der Waals surface area contributed by atoms with Gasteiger partial charge in [0.25, 0.3) is 0 Å². The molecule has 1 saturated heterocycles. The molecule has 0 amide bonds. The molecule has 2 aliphatic rings. The summed E-state index contributed by atoms with van der Waals surface area (Å²) in [6, 6.07) is 0. The van der Waals surface area contributed by atoms with Gasteiger partial charge in [-0.15, -0.1) is 12.3 Å². The Morgan fingerprint density at radius 3 is 2.56 bits per heavy atom. The molecule has 0 unspecified atom stereocenters. The van der Waals surface area contributed by atoms with Crippen LogP contribution in [-0.2, 0) is 0 Å². The van der Waals surface area contributed by atoms with E-state index < -0.39 is 0 Å². The molecule has 1 nitrogen and oxygen atoms in total. The van der Waals surface area contributed by atoms with Gasteiger partial charge >= 0.3 is 0 Å². The normalized spacial score (nSPS) is 47.2. The molecule has 0 atom stereocenters. The largest absolute Gasteiger partial charge is 0.311 e. The zero-order valence-corrected chi connectivity index (χ0v) is 5.48. The van der Waals surface area contributed by atoms with E-state index in [0.29, 0.717) is 11.5 Å². The van der Waals surface area contributed by atoms with Crippen molar-refractivity contribution in [1.82, 2.24) is 5.32 Å². The predicted molar refractivity (Wildman–Crippen MR) is 36.9 cm³/mol. The van der Waals surface area contributed by atoms with Crippen molar-refractivity contribution >= 4 is 0 Å². The second-order valence-corrected chi connectivity index (χ2v) is 3.23. The third kappa shape index (κ3) is 0.601. The first-order valence-corrected chi connectivity index (χ1v) is 3.56. The van der Waals surface area contributed by atoms with Crippen LogP contribution in [0.3, 0.4) is 0 Å². The molecule has 0 aromatic carbocycles. The smallest absolute Gasteiger partial charge is 0.0235 e. The topological polar surface area (TPSA) is 12.0 Å². The molecule has 1 aliphatic carbocycles. The Balaban J connectivity index is 1.91. The molecule has 0 aromatic heterocycles. The third-order valence-electron chi connectivity index (χ3n) is 2.61. The van der Waals surface area contributed by atoms with Crippen molar-refractivity contribution in [3.05, 3.63) is 0 Å². The zero-order valence-electron chi connectivity index (χ0n) is 5.48. The van der Waals surface area contributed by atoms with Gasteiger partial charge in [0.15, 0.2) is 0 Å². The van der Waals surface area contributed by atoms with E-state index in [9.17, 15) is 0 Å². The minimum Gasteiger partial charge on any atom is -0.311 e. The van der Waals surface area contributed by atoms with E-state index in [0.717, 1.165) is 0 Å². The molecule has 9 heavy (non-hydrogen) atoms. The lowest BCUT2D eigenvalue weighted by molar-refractivity contribution is 0.0670. The van der Waals surface area contributed by atoms with E-state index in [4.69, 9.17) is 6.42 Å². The van der Waals surface area contributed by atoms with Crippen LogP contribution < -0.4 is 5.32 Å². The Bertz CT molecular complexity index is 154. The third-order valence-corrected chi connectivity index (χ3v) is 2.61. The summed E-state index contributed by atoms with van der Waals surface area (Å²) in [6.45, 7) is 1.21. The highest BCUT2D eigenvalue weighted by Gasteiger charge is 2.47. The van der Waals surface area contributed by atoms with Crippen molar-refractivity contribution in [1.29, 1.82) is 0 Å². The average molecular weight is 121 g/mol. The summed E-state index contributed by atoms with van der Waals surface area (Å²) in [6.07, 6.45) is 9.06. The zero-order chi connectivity index (χ0) is 6.32. The number of nitrogens with one attached hydrogen (secondary N) is 1. The first kappa shape index (κ1) is 5.32. The van der Waals surface area contributed by atoms with Gasteiger partial charge in [0.05, 0.1) is 0 Å². The van der Waals surface area contributed by atoms with E-state index >= 15 is 0 Å². The van der Waals surface area contributed by atoms with Crippen LogP contribution in [-0.4, -0.2) is 12.1 Å². The van der Waals surface area contributed by atoms with Crippen LogP contribution in [0.15, 0.2) is 0 Å². The fraction of sp³-hybridized carbons (Fsp3) is 0.750. The van der Waals surface area contributed by atoms with Gasteiger partial charge in [0, 0.05) is 11.5 Å². The first-order chi connectivity index (χ1) is 4.35. The molecule has 2 fully saturated rings. The molecule has 1 spiro atoms. The van der Waals surface area contributed by atoms with Gasteiger partial charge in [-0.2, -0.15) is 0 Å². The molecule has 0 radical (unpaired) electrons. The summed E-state index contributed by atoms with van der Waals surface area (Å²) in [4.78, 5) is 0. The van der Waals surface area contributed by atoms with E-state index in [2.05, 4.69) is 11.2 Å². The summed E-state index contributed by atoms with van der Waals surface area (Å²) < 4.78 is 0. The molecule has 1 aliphatic heterocycles. The van der Waals surface area contributed by atoms with E-state index in [1.165, 1.54) is 25.8 Å². The van der Waals surface area contributed by atoms with Crippen LogP contribution in [0, 0.1) is 18.3 Å². The summed E-state index contributed by atoms with van der Waals surface area (Å²) in [5.74, 6) is 3.37. The molecule has 1 saturated carbocycles. The molecule has 48 valence electrons. The van der Waals surface area contributed by atoms with Gasteiger partial charge in [-0.1, -0.05) is 0 Å². The fourth-order valence-electron chi connectivity index (χ4n) is 1.83. The van der Waals surface area contributed by atoms with Crippen LogP contribution >= 0.6 is 0 Å². The SMILES string of the molecule is C#CC1CC2(CCN2)C1. The summed E-state index contributed by atoms with van der Waals surface area (Å²) >= 11 is 0. The first-order valence-electron chi connectivity index (χ1n) is 3.56. The van der Waals surface area contributed by atoms with Gasteiger partial charge in [0.1, 0.15) is 0 Å². The van der Waals surface area contributed by atoms with Crippen molar-refractivity contribution in [2.75, 3.05) is 6.54 Å². The maximum Gasteiger partial charge on any atom is 0.0235 e. The number of hydrogen-bond donors (Lipinski definition) is 1. The van der Waals surface area contributed by atoms with Crippen molar-refractivity contribution in [3.8, 4) is 12.3 Å². The van der Waals surface area contributed by atoms with Crippen LogP contribution in [0.5, 0.6) is 0 Å². The Kier molecular flexibility index (Phi) is 0.896. The summed E-state index contributed by atoms with van der Waals surface area (Å²) in [5.41, 5.74) is 0.525. The predicted octanol–water partition coefficient (Wildman–Crippen LogP) is 0.762. The number of terminal acetylenes is 1. The molecular weight excluding hydrogens is 110 g/mol. The van der Waals surface area contributed by atoms with Crippen molar-refractivity contribution in [2.24, 2.45) is 5.92 Å². The lowest BCUT2D eigenvalue weighted by Gasteiger charge is -2.53. The molecule has 1 heteroatoms. The van der Waals surface area contributed by atoms with Gasteiger partial charge in [-0.25, -0.2) is 0 Å². The highest BCUT2D eigenvalue weighted by atomic mass is 15.1. The Morgan fingerprint density at radius 1 is 1.56 bits per heavy atom. The minimum atomic E-state index is 0.525. The molecular formula is C8H11N. The van der Waals surface area contributed by atoms with Gasteiger partial charge in [-0.05, 0) is 25.8 Å². The Hall–Kier alpha value is -0.480. The molecule has 1 N–H and O–H groups in total. The van der Waals surface area contributed by atoms with Gasteiger partial charge in [-0.3, -0.25) is 0 Å². The van der Waals surface area contributed by atoms with Crippen molar-refractivity contribution < 1.29 is 0 Å². The highest BCUT2D eigenvalue weighted by molar-refractivity contribution is 5.14. The van der Waals surface area contributed by atoms with Gasteiger partial charge in [0.2, 0.25) is 0 Å². The summed E-state index contributed by atoms with van der Waals surface area (Å²) in [5, 5.41) is 3.43. The number of hydrogen-bond acceptors (Lipinski definition) is 1. The fourth-order valence-corrected chi connectivity index (χ4v) is 1.83. The van der Waals surface area contributed by atoms with Crippen LogP contribution in [0.1, 0.15) is 19.3 Å². The Morgan fingerprint density at radius 2 is 2.22 bits per heavy atom. The number of rotatable bonds is 0. The maximum atomic E-state index is 5.26. The molecule has 1 heterocycles. The van der Waals surface area contributed by atoms with Crippen LogP contribution in [0.4, 0.5) is 0 Å². The standard InChI is InChI=1S/C8H11N/c1-2-7-5-8(6-7)3-4-9-8/h1,7,9H,3-6H2. The van der Waals surface area contributed by atoms with Crippen LogP contribution in [0.25, 0.3) is 0 Å². The minimum absolute atomic E-state index is 0.525.